The summed E-state index contributed by atoms with van der Waals surface area (Å²) in [6.07, 6.45) is 58.2. The summed E-state index contributed by atoms with van der Waals surface area (Å²) in [5.41, 5.74) is 0. The Labute approximate surface area is 365 Å². The highest BCUT2D eigenvalue weighted by Crippen LogP contribution is 2.10. The molecule has 0 heterocycles. The molecule has 0 amide bonds. The van der Waals surface area contributed by atoms with Gasteiger partial charge in [-0.1, -0.05) is 148 Å². The summed E-state index contributed by atoms with van der Waals surface area (Å²) in [6, 6.07) is -0.755. The highest BCUT2D eigenvalue weighted by atomic mass is 16.6. The molecule has 336 valence electrons. The molecule has 0 bridgehead atoms. The van der Waals surface area contributed by atoms with Gasteiger partial charge in [-0.25, -0.2) is 0 Å². The molecule has 60 heavy (non-hydrogen) atoms. The van der Waals surface area contributed by atoms with Crippen LogP contribution in [0.4, 0.5) is 0 Å². The molecule has 0 aliphatic rings. The zero-order valence-corrected chi connectivity index (χ0v) is 38.1. The van der Waals surface area contributed by atoms with Gasteiger partial charge in [-0.05, 0) is 89.9 Å². The maximum absolute atomic E-state index is 12.7. The molecule has 0 saturated heterocycles. The molecular formula is C52H81NO7. The van der Waals surface area contributed by atoms with Crippen LogP contribution in [-0.4, -0.2) is 75.5 Å². The Morgan fingerprint density at radius 3 is 1.38 bits per heavy atom. The summed E-state index contributed by atoms with van der Waals surface area (Å²) in [5, 5.41) is 11.6. The van der Waals surface area contributed by atoms with Crippen molar-refractivity contribution in [2.75, 3.05) is 41.0 Å². The fraction of sp³-hybridized carbons (Fsp3) is 0.558. The van der Waals surface area contributed by atoms with E-state index in [9.17, 15) is 19.5 Å². The largest absolute Gasteiger partial charge is 0.544 e. The number of quaternary nitrogens is 1. The molecule has 8 heteroatoms. The standard InChI is InChI=1S/C52H81NO7/c1-6-8-10-12-14-16-18-20-22-24-25-27-29-31-33-35-37-39-41-43-51(55)60-48(46-58-45-44-49(52(56)57)53(3,4)5)47-59-50(54)42-40-38-36-34-32-30-28-26-23-21-19-17-15-13-11-9-7-2/h8,10,14-17,20-23,25,27-28,30-31,33-34,36-37,39,48-49H,6-7,9,11-13,18-19,24,26,29,32,35,38,40-47H2,1-5H3/b10-8+,16-14+,17-15+,22-20+,23-21+,27-25+,30-28+,33-31+,36-34+,39-37+. The number of carboxylic acids is 1. The first-order chi connectivity index (χ1) is 29.1. The van der Waals surface area contributed by atoms with Crippen LogP contribution < -0.4 is 5.11 Å². The number of allylic oxidation sites excluding steroid dienone is 20. The van der Waals surface area contributed by atoms with E-state index in [-0.39, 0.29) is 49.5 Å². The minimum Gasteiger partial charge on any atom is -0.544 e. The van der Waals surface area contributed by atoms with Gasteiger partial charge in [-0.15, -0.1) is 0 Å². The number of carbonyl (C=O) groups excluding carboxylic acids is 3. The first kappa shape index (κ1) is 55.7. The number of aliphatic carboxylic acids is 1. The maximum atomic E-state index is 12.7. The van der Waals surface area contributed by atoms with Crippen LogP contribution in [0.15, 0.2) is 122 Å². The second-order valence-corrected chi connectivity index (χ2v) is 15.5. The fourth-order valence-electron chi connectivity index (χ4n) is 5.62. The topological polar surface area (TPSA) is 102 Å². The van der Waals surface area contributed by atoms with Gasteiger partial charge in [-0.2, -0.15) is 0 Å². The summed E-state index contributed by atoms with van der Waals surface area (Å²) >= 11 is 0. The number of likely N-dealkylation sites (N-methyl/N-ethyl adjacent to an activating group) is 1. The summed E-state index contributed by atoms with van der Waals surface area (Å²) in [5.74, 6) is -1.94. The van der Waals surface area contributed by atoms with Crippen molar-refractivity contribution >= 4 is 17.9 Å². The number of unbranched alkanes of at least 4 members (excludes halogenated alkanes) is 4. The average Bonchev–Trinajstić information content (AvgIpc) is 3.21. The quantitative estimate of drug-likeness (QED) is 0.0264. The number of ether oxygens (including phenoxy) is 3. The Hall–Kier alpha value is -4.27. The lowest BCUT2D eigenvalue weighted by atomic mass is 10.1. The molecule has 0 radical (unpaired) electrons. The van der Waals surface area contributed by atoms with Crippen LogP contribution >= 0.6 is 0 Å². The Morgan fingerprint density at radius 2 is 0.950 bits per heavy atom. The van der Waals surface area contributed by atoms with Crippen LogP contribution in [0, 0.1) is 0 Å². The van der Waals surface area contributed by atoms with Gasteiger partial charge in [-0.3, -0.25) is 9.59 Å². The van der Waals surface area contributed by atoms with Crippen molar-refractivity contribution in [3.05, 3.63) is 122 Å². The van der Waals surface area contributed by atoms with Gasteiger partial charge in [0, 0.05) is 19.3 Å². The molecular weight excluding hydrogens is 751 g/mol. The van der Waals surface area contributed by atoms with Gasteiger partial charge in [0.05, 0.1) is 40.3 Å². The van der Waals surface area contributed by atoms with E-state index in [0.29, 0.717) is 12.8 Å². The summed E-state index contributed by atoms with van der Waals surface area (Å²) in [4.78, 5) is 36.8. The SMILES string of the molecule is CC/C=C/C/C=C/C/C=C/C/C=C/C/C=C/C/C=C/CCC(=O)OC(COCCC(C(=O)[O-])[N+](C)(C)C)COC(=O)CCC/C=C/C/C=C/C/C=C/C/C=C/CCCCC. The van der Waals surface area contributed by atoms with Gasteiger partial charge in [0.15, 0.2) is 6.10 Å². The molecule has 0 aromatic heterocycles. The predicted octanol–water partition coefficient (Wildman–Crippen LogP) is 11.3. The van der Waals surface area contributed by atoms with Crippen LogP contribution in [0.1, 0.15) is 136 Å². The smallest absolute Gasteiger partial charge is 0.306 e. The molecule has 0 saturated carbocycles. The highest BCUT2D eigenvalue weighted by Gasteiger charge is 2.25. The molecule has 0 spiro atoms. The molecule has 2 unspecified atom stereocenters. The zero-order valence-electron chi connectivity index (χ0n) is 38.1. The number of rotatable bonds is 38. The second-order valence-electron chi connectivity index (χ2n) is 15.5. The van der Waals surface area contributed by atoms with E-state index in [1.807, 2.05) is 12.2 Å². The van der Waals surface area contributed by atoms with Crippen LogP contribution in [0.2, 0.25) is 0 Å². The second kappa shape index (κ2) is 41.5. The van der Waals surface area contributed by atoms with Gasteiger partial charge >= 0.3 is 11.9 Å². The van der Waals surface area contributed by atoms with Crippen molar-refractivity contribution in [2.45, 2.75) is 148 Å². The maximum Gasteiger partial charge on any atom is 0.306 e. The van der Waals surface area contributed by atoms with Crippen molar-refractivity contribution in [2.24, 2.45) is 0 Å². The van der Waals surface area contributed by atoms with Gasteiger partial charge in [0.1, 0.15) is 12.6 Å². The van der Waals surface area contributed by atoms with E-state index in [0.717, 1.165) is 64.2 Å². The van der Waals surface area contributed by atoms with Gasteiger partial charge < -0.3 is 28.6 Å². The fourth-order valence-corrected chi connectivity index (χ4v) is 5.62. The lowest BCUT2D eigenvalue weighted by molar-refractivity contribution is -0.889. The van der Waals surface area contributed by atoms with E-state index >= 15 is 0 Å². The third-order valence-corrected chi connectivity index (χ3v) is 9.10. The van der Waals surface area contributed by atoms with Crippen molar-refractivity contribution in [1.82, 2.24) is 0 Å². The summed E-state index contributed by atoms with van der Waals surface area (Å²) in [6.45, 7) is 4.35. The number of carboxylic acid groups (broad SMARTS) is 1. The highest BCUT2D eigenvalue weighted by molar-refractivity contribution is 5.70. The molecule has 0 aliphatic heterocycles. The van der Waals surface area contributed by atoms with Crippen LogP contribution in [0.3, 0.4) is 0 Å². The Bertz CT molecular complexity index is 1390. The molecule has 0 N–H and O–H groups in total. The minimum atomic E-state index is -1.15. The lowest BCUT2D eigenvalue weighted by Gasteiger charge is -2.34. The van der Waals surface area contributed by atoms with Crippen LogP contribution in [0.25, 0.3) is 0 Å². The van der Waals surface area contributed by atoms with Crippen molar-refractivity contribution < 1.29 is 38.2 Å². The number of hydrogen-bond donors (Lipinski definition) is 0. The number of esters is 2. The first-order valence-corrected chi connectivity index (χ1v) is 22.6. The molecule has 0 aliphatic carbocycles. The van der Waals surface area contributed by atoms with Crippen molar-refractivity contribution in [1.29, 1.82) is 0 Å². The average molecular weight is 832 g/mol. The van der Waals surface area contributed by atoms with Gasteiger partial charge in [0.2, 0.25) is 0 Å². The van der Waals surface area contributed by atoms with Crippen molar-refractivity contribution in [3.63, 3.8) is 0 Å². The molecule has 0 aromatic carbocycles. The van der Waals surface area contributed by atoms with E-state index in [2.05, 4.69) is 123 Å². The van der Waals surface area contributed by atoms with Crippen molar-refractivity contribution in [3.8, 4) is 0 Å². The lowest BCUT2D eigenvalue weighted by Crippen LogP contribution is -2.55. The monoisotopic (exact) mass is 832 g/mol. The number of carbonyl (C=O) groups is 3. The minimum absolute atomic E-state index is 0.0158. The molecule has 0 fully saturated rings. The predicted molar refractivity (Wildman–Crippen MR) is 249 cm³/mol. The molecule has 0 aromatic rings. The zero-order chi connectivity index (χ0) is 44.2. The number of nitrogens with zero attached hydrogens (tertiary/aromatic N) is 1. The van der Waals surface area contributed by atoms with E-state index < -0.39 is 24.1 Å². The van der Waals surface area contributed by atoms with Gasteiger partial charge in [0.25, 0.3) is 0 Å². The van der Waals surface area contributed by atoms with E-state index in [4.69, 9.17) is 14.2 Å². The molecule has 0 rings (SSSR count). The normalized spacial score (nSPS) is 14.1. The first-order valence-electron chi connectivity index (χ1n) is 22.6. The van der Waals surface area contributed by atoms with Crippen LogP contribution in [0.5, 0.6) is 0 Å². The third-order valence-electron chi connectivity index (χ3n) is 9.10. The Morgan fingerprint density at radius 1 is 0.517 bits per heavy atom. The number of hydrogen-bond acceptors (Lipinski definition) is 7. The molecule has 2 atom stereocenters. The Kier molecular flexibility index (Phi) is 38.5. The summed E-state index contributed by atoms with van der Waals surface area (Å²) < 4.78 is 17.0. The van der Waals surface area contributed by atoms with Crippen LogP contribution in [-0.2, 0) is 28.6 Å². The van der Waals surface area contributed by atoms with E-state index in [1.165, 1.54) is 25.7 Å². The summed E-state index contributed by atoms with van der Waals surface area (Å²) in [7, 11) is 5.35. The Balaban J connectivity index is 4.59. The third kappa shape index (κ3) is 39.2. The molecule has 8 nitrogen and oxygen atoms in total. The van der Waals surface area contributed by atoms with E-state index in [1.54, 1.807) is 21.1 Å².